The van der Waals surface area contributed by atoms with Gasteiger partial charge in [-0.2, -0.15) is 0 Å². The fourth-order valence-corrected chi connectivity index (χ4v) is 3.25. The molecule has 1 aromatic carbocycles. The second kappa shape index (κ2) is 6.38. The van der Waals surface area contributed by atoms with Gasteiger partial charge in [-0.3, -0.25) is 0 Å². The molecule has 0 aromatic heterocycles. The molecule has 0 aliphatic rings. The zero-order chi connectivity index (χ0) is 13.8. The molecule has 0 aliphatic carbocycles. The smallest absolute Gasteiger partial charge is 0.242 e. The largest absolute Gasteiger partial charge is 0.399 e. The van der Waals surface area contributed by atoms with Crippen LogP contribution in [-0.2, 0) is 14.8 Å². The first-order valence-electron chi connectivity index (χ1n) is 5.43. The Hall–Kier alpha value is -0.820. The first kappa shape index (κ1) is 15.2. The molecule has 0 heterocycles. The van der Waals surface area contributed by atoms with Crippen molar-refractivity contribution in [2.24, 2.45) is 0 Å². The zero-order valence-electron chi connectivity index (χ0n) is 10.3. The van der Waals surface area contributed by atoms with E-state index in [1.165, 1.54) is 18.2 Å². The minimum absolute atomic E-state index is 0.0302. The van der Waals surface area contributed by atoms with Gasteiger partial charge in [-0.25, -0.2) is 13.1 Å². The number of hydrogen-bond acceptors (Lipinski definition) is 4. The summed E-state index contributed by atoms with van der Waals surface area (Å²) in [7, 11) is -2.06. The molecule has 102 valence electrons. The van der Waals surface area contributed by atoms with E-state index in [-0.39, 0.29) is 16.0 Å². The first-order valence-corrected chi connectivity index (χ1v) is 7.29. The standard InChI is InChI=1S/C11H17ClN2O3S/c1-8(5-6-17-2)14-18(15,16)11-4-3-9(13)7-10(11)12/h3-4,7-8,14H,5-6,13H2,1-2H3. The second-order valence-electron chi connectivity index (χ2n) is 3.99. The van der Waals surface area contributed by atoms with Gasteiger partial charge in [0, 0.05) is 25.4 Å². The minimum atomic E-state index is -3.63. The van der Waals surface area contributed by atoms with E-state index in [9.17, 15) is 8.42 Å². The highest BCUT2D eigenvalue weighted by atomic mass is 35.5. The molecule has 0 saturated heterocycles. The van der Waals surface area contributed by atoms with Crippen LogP contribution in [0.1, 0.15) is 13.3 Å². The van der Waals surface area contributed by atoms with Crippen molar-refractivity contribution in [1.82, 2.24) is 4.72 Å². The number of nitrogens with two attached hydrogens (primary N) is 1. The molecular formula is C11H17ClN2O3S. The molecule has 18 heavy (non-hydrogen) atoms. The third-order valence-corrected chi connectivity index (χ3v) is 4.43. The third-order valence-electron chi connectivity index (χ3n) is 2.36. The third kappa shape index (κ3) is 4.13. The lowest BCUT2D eigenvalue weighted by molar-refractivity contribution is 0.188. The number of rotatable bonds is 6. The molecule has 0 spiro atoms. The Labute approximate surface area is 112 Å². The van der Waals surface area contributed by atoms with Crippen LogP contribution >= 0.6 is 11.6 Å². The quantitative estimate of drug-likeness (QED) is 0.781. The predicted molar refractivity (Wildman–Crippen MR) is 72.1 cm³/mol. The molecule has 0 aliphatic heterocycles. The van der Waals surface area contributed by atoms with Crippen LogP contribution in [0.3, 0.4) is 0 Å². The monoisotopic (exact) mass is 292 g/mol. The summed E-state index contributed by atoms with van der Waals surface area (Å²) in [4.78, 5) is 0.0302. The predicted octanol–water partition coefficient (Wildman–Crippen LogP) is 1.63. The van der Waals surface area contributed by atoms with Crippen LogP contribution < -0.4 is 10.5 Å². The first-order chi connectivity index (χ1) is 8.36. The number of nitrogens with one attached hydrogen (secondary N) is 1. The normalized spacial score (nSPS) is 13.5. The van der Waals surface area contributed by atoms with Crippen LogP contribution in [0.4, 0.5) is 5.69 Å². The van der Waals surface area contributed by atoms with E-state index in [4.69, 9.17) is 22.1 Å². The molecule has 1 atom stereocenters. The van der Waals surface area contributed by atoms with Crippen LogP contribution in [0.5, 0.6) is 0 Å². The molecule has 1 unspecified atom stereocenters. The Morgan fingerprint density at radius 1 is 1.50 bits per heavy atom. The highest BCUT2D eigenvalue weighted by molar-refractivity contribution is 7.89. The van der Waals surface area contributed by atoms with Gasteiger partial charge in [0.25, 0.3) is 0 Å². The van der Waals surface area contributed by atoms with Gasteiger partial charge in [0.1, 0.15) is 4.90 Å². The average molecular weight is 293 g/mol. The van der Waals surface area contributed by atoms with Gasteiger partial charge in [-0.1, -0.05) is 11.6 Å². The summed E-state index contributed by atoms with van der Waals surface area (Å²) in [5, 5.41) is 0.112. The lowest BCUT2D eigenvalue weighted by atomic mass is 10.3. The summed E-state index contributed by atoms with van der Waals surface area (Å²) in [6.45, 7) is 2.25. The number of anilines is 1. The van der Waals surface area contributed by atoms with Gasteiger partial charge in [0.05, 0.1) is 5.02 Å². The van der Waals surface area contributed by atoms with E-state index in [0.29, 0.717) is 18.7 Å². The van der Waals surface area contributed by atoms with Gasteiger partial charge >= 0.3 is 0 Å². The van der Waals surface area contributed by atoms with E-state index in [2.05, 4.69) is 4.72 Å². The highest BCUT2D eigenvalue weighted by Crippen LogP contribution is 2.23. The van der Waals surface area contributed by atoms with E-state index in [1.54, 1.807) is 14.0 Å². The van der Waals surface area contributed by atoms with Crippen molar-refractivity contribution in [3.05, 3.63) is 23.2 Å². The summed E-state index contributed by atoms with van der Waals surface area (Å²) < 4.78 is 31.6. The van der Waals surface area contributed by atoms with Crippen molar-refractivity contribution in [2.75, 3.05) is 19.5 Å². The Kier molecular flexibility index (Phi) is 5.40. The summed E-state index contributed by atoms with van der Waals surface area (Å²) in [5.74, 6) is 0. The van der Waals surface area contributed by atoms with Crippen molar-refractivity contribution in [3.63, 3.8) is 0 Å². The second-order valence-corrected chi connectivity index (χ2v) is 6.08. The maximum atomic E-state index is 12.1. The molecule has 0 bridgehead atoms. The maximum Gasteiger partial charge on any atom is 0.242 e. The average Bonchev–Trinajstić information content (AvgIpc) is 2.25. The van der Waals surface area contributed by atoms with E-state index < -0.39 is 10.0 Å². The minimum Gasteiger partial charge on any atom is -0.399 e. The van der Waals surface area contributed by atoms with Crippen molar-refractivity contribution in [1.29, 1.82) is 0 Å². The van der Waals surface area contributed by atoms with E-state index in [0.717, 1.165) is 0 Å². The highest BCUT2D eigenvalue weighted by Gasteiger charge is 2.20. The number of sulfonamides is 1. The summed E-state index contributed by atoms with van der Waals surface area (Å²) in [6.07, 6.45) is 0.586. The van der Waals surface area contributed by atoms with Crippen molar-refractivity contribution in [2.45, 2.75) is 24.3 Å². The number of hydrogen-bond donors (Lipinski definition) is 2. The van der Waals surface area contributed by atoms with Crippen molar-refractivity contribution in [3.8, 4) is 0 Å². The van der Waals surface area contributed by atoms with Gasteiger partial charge in [-0.05, 0) is 31.5 Å². The van der Waals surface area contributed by atoms with Crippen LogP contribution in [0.25, 0.3) is 0 Å². The summed E-state index contributed by atoms with van der Waals surface area (Å²) in [5.41, 5.74) is 5.94. The van der Waals surface area contributed by atoms with Crippen molar-refractivity contribution < 1.29 is 13.2 Å². The van der Waals surface area contributed by atoms with E-state index >= 15 is 0 Å². The number of ether oxygens (including phenoxy) is 1. The Morgan fingerprint density at radius 2 is 2.17 bits per heavy atom. The zero-order valence-corrected chi connectivity index (χ0v) is 11.9. The SMILES string of the molecule is COCCC(C)NS(=O)(=O)c1ccc(N)cc1Cl. The molecule has 5 nitrogen and oxygen atoms in total. The van der Waals surface area contributed by atoms with Crippen LogP contribution in [0.2, 0.25) is 5.02 Å². The lowest BCUT2D eigenvalue weighted by Gasteiger charge is -2.14. The molecule has 0 radical (unpaired) electrons. The molecule has 0 fully saturated rings. The number of halogens is 1. The molecule has 0 amide bonds. The molecule has 3 N–H and O–H groups in total. The van der Waals surface area contributed by atoms with Crippen LogP contribution in [-0.4, -0.2) is 28.2 Å². The lowest BCUT2D eigenvalue weighted by Crippen LogP contribution is -2.33. The Bertz CT molecular complexity index is 505. The van der Waals surface area contributed by atoms with Gasteiger partial charge in [0.15, 0.2) is 0 Å². The number of nitrogen functional groups attached to an aromatic ring is 1. The Morgan fingerprint density at radius 3 is 2.72 bits per heavy atom. The maximum absolute atomic E-state index is 12.1. The van der Waals surface area contributed by atoms with Gasteiger partial charge in [0.2, 0.25) is 10.0 Å². The number of methoxy groups -OCH3 is 1. The fraction of sp³-hybridized carbons (Fsp3) is 0.455. The number of benzene rings is 1. The van der Waals surface area contributed by atoms with E-state index in [1.807, 2.05) is 0 Å². The van der Waals surface area contributed by atoms with Gasteiger partial charge < -0.3 is 10.5 Å². The van der Waals surface area contributed by atoms with Crippen molar-refractivity contribution >= 4 is 27.3 Å². The molecular weight excluding hydrogens is 276 g/mol. The van der Waals surface area contributed by atoms with Crippen LogP contribution in [0, 0.1) is 0 Å². The topological polar surface area (TPSA) is 81.4 Å². The summed E-state index contributed by atoms with van der Waals surface area (Å²) in [6, 6.07) is 4.07. The van der Waals surface area contributed by atoms with Gasteiger partial charge in [-0.15, -0.1) is 0 Å². The van der Waals surface area contributed by atoms with Crippen LogP contribution in [0.15, 0.2) is 23.1 Å². The summed E-state index contributed by atoms with van der Waals surface area (Å²) >= 11 is 5.88. The molecule has 1 aromatic rings. The Balaban J connectivity index is 2.86. The fourth-order valence-electron chi connectivity index (χ4n) is 1.42. The molecule has 0 saturated carbocycles. The molecule has 1 rings (SSSR count). The molecule has 7 heteroatoms.